The van der Waals surface area contributed by atoms with Crippen molar-refractivity contribution in [2.75, 3.05) is 18.1 Å². The van der Waals surface area contributed by atoms with Gasteiger partial charge in [-0.3, -0.25) is 42.2 Å². The number of ether oxygens (including phenoxy) is 2. The highest BCUT2D eigenvalue weighted by atomic mass is 32.7. The number of hydrogen-bond acceptors (Lipinski definition) is 18. The number of nitrogen functional groups attached to an aromatic ring is 2. The van der Waals surface area contributed by atoms with Crippen LogP contribution in [0, 0.1) is 0 Å². The van der Waals surface area contributed by atoms with Gasteiger partial charge in [0.25, 0.3) is 11.1 Å². The second-order valence-corrected chi connectivity index (χ2v) is 16.5. The Kier molecular flexibility index (Phi) is 6.67. The lowest BCUT2D eigenvalue weighted by Crippen LogP contribution is -2.41. The molecule has 0 aromatic carbocycles. The summed E-state index contributed by atoms with van der Waals surface area (Å²) in [5.41, 5.74) is 7.88. The summed E-state index contributed by atoms with van der Waals surface area (Å²) in [6, 6.07) is -0.968. The third-order valence-corrected chi connectivity index (χ3v) is 11.2. The Hall–Kier alpha value is -2.86. The molecular formula is C20H22N10O12P2S2. The Labute approximate surface area is 264 Å². The zero-order chi connectivity index (χ0) is 32.5. The lowest BCUT2D eigenvalue weighted by atomic mass is 10.1. The van der Waals surface area contributed by atoms with E-state index in [1.807, 2.05) is 0 Å². The topological polar surface area (TPSA) is 309 Å². The average Bonchev–Trinajstić information content (AvgIpc) is 3.43. The van der Waals surface area contributed by atoms with Gasteiger partial charge in [-0.15, -0.1) is 0 Å². The van der Waals surface area contributed by atoms with Crippen LogP contribution in [0.15, 0.2) is 22.2 Å². The summed E-state index contributed by atoms with van der Waals surface area (Å²) in [6.07, 6.45) is -8.10. The Morgan fingerprint density at radius 1 is 0.913 bits per heavy atom. The van der Waals surface area contributed by atoms with Gasteiger partial charge in [0.1, 0.15) is 36.1 Å². The second-order valence-electron chi connectivity index (χ2n) is 10.8. The predicted molar refractivity (Wildman–Crippen MR) is 158 cm³/mol. The lowest BCUT2D eigenvalue weighted by molar-refractivity contribution is -0.127. The normalized spacial score (nSPS) is 40.8. The van der Waals surface area contributed by atoms with Crippen molar-refractivity contribution in [3.05, 3.63) is 33.4 Å². The maximum absolute atomic E-state index is 13.8. The molecule has 22 nitrogen and oxygen atoms in total. The SMILES string of the molecule is Nc1nc2c(ncn2C2[C@@H]3O[C@@H]4CO[P@](=O)(S)OC5C(O)[C@H](n6cnc7c(=O)[nH]c(N)nc76)O[C@@H]5O[P@](=O)(S)OC4C23O)c(=O)[nH]1. The minimum atomic E-state index is -4.58. The molecule has 3 saturated heterocycles. The molecule has 46 heavy (non-hydrogen) atoms. The summed E-state index contributed by atoms with van der Waals surface area (Å²) < 4.78 is 63.6. The number of hydrogen-bond donors (Lipinski definition) is 8. The average molecular weight is 721 g/mol. The van der Waals surface area contributed by atoms with Gasteiger partial charge in [0, 0.05) is 0 Å². The maximum atomic E-state index is 13.8. The molecule has 0 bridgehead atoms. The molecule has 1 saturated carbocycles. The molecule has 11 atom stereocenters. The van der Waals surface area contributed by atoms with Gasteiger partial charge in [-0.2, -0.15) is 9.97 Å². The third-order valence-electron chi connectivity index (χ3n) is 8.01. The van der Waals surface area contributed by atoms with Crippen molar-refractivity contribution in [1.29, 1.82) is 0 Å². The molecule has 246 valence electrons. The molecule has 7 heterocycles. The van der Waals surface area contributed by atoms with E-state index >= 15 is 0 Å². The number of nitrogens with two attached hydrogens (primary N) is 2. The van der Waals surface area contributed by atoms with Gasteiger partial charge in [-0.1, -0.05) is 24.5 Å². The largest absolute Gasteiger partial charge is 0.388 e. The van der Waals surface area contributed by atoms with Gasteiger partial charge in [0.05, 0.1) is 25.3 Å². The highest BCUT2D eigenvalue weighted by molar-refractivity contribution is 8.44. The number of aromatic nitrogens is 8. The van der Waals surface area contributed by atoms with Crippen molar-refractivity contribution in [3.8, 4) is 0 Å². The Bertz CT molecular complexity index is 2140. The number of nitrogens with zero attached hydrogens (tertiary/aromatic N) is 6. The number of nitrogens with one attached hydrogen (secondary N) is 2. The van der Waals surface area contributed by atoms with Gasteiger partial charge < -0.3 is 35.7 Å². The summed E-state index contributed by atoms with van der Waals surface area (Å²) in [4.78, 5) is 45.3. The van der Waals surface area contributed by atoms with Crippen LogP contribution in [0.1, 0.15) is 12.3 Å². The van der Waals surface area contributed by atoms with Crippen LogP contribution in [-0.2, 0) is 36.7 Å². The number of anilines is 2. The number of thiol groups is 2. The van der Waals surface area contributed by atoms with Crippen LogP contribution in [0.4, 0.5) is 11.9 Å². The van der Waals surface area contributed by atoms with Gasteiger partial charge in [-0.05, 0) is 0 Å². The van der Waals surface area contributed by atoms with Crippen LogP contribution in [0.25, 0.3) is 22.3 Å². The molecule has 4 fully saturated rings. The fraction of sp³-hybridized carbons (Fsp3) is 0.500. The highest BCUT2D eigenvalue weighted by Crippen LogP contribution is 2.67. The van der Waals surface area contributed by atoms with Crippen LogP contribution in [-0.4, -0.2) is 98.3 Å². The van der Waals surface area contributed by atoms with Gasteiger partial charge in [0.15, 0.2) is 34.8 Å². The van der Waals surface area contributed by atoms with E-state index in [-0.39, 0.29) is 34.2 Å². The number of fused-ring (bicyclic) bond motifs is 6. The standard InChI is InChI=1S/C20H22N10O12P2S2/c21-18-25-12-5(14(32)27-18)23-2-29(12)9-11-20(9,34)10-4(38-11)1-37-43(35,45)40-8-7(31)16(39-17(8)42-44(36,46)41-10)30-3-24-6-13(30)26-19(22)28-15(6)33/h2-4,7-11,16-17,31,34H,1H2,(H,35,45)(H,36,46)(H3,21,25,27,32)(H3,22,26,28,33)/t4-,7?,8?,9?,10?,11+,16-,17-,20?,43+,44-/m1/s1. The first kappa shape index (κ1) is 30.5. The first-order chi connectivity index (χ1) is 21.7. The molecule has 1 aliphatic carbocycles. The molecule has 0 spiro atoms. The van der Waals surface area contributed by atoms with E-state index in [4.69, 9.17) is 39.0 Å². The van der Waals surface area contributed by atoms with E-state index < -0.39 is 86.0 Å². The van der Waals surface area contributed by atoms with Gasteiger partial charge in [-0.25, -0.2) is 19.1 Å². The minimum absolute atomic E-state index is 0.0354. The van der Waals surface area contributed by atoms with E-state index in [0.29, 0.717) is 0 Å². The molecule has 8 N–H and O–H groups in total. The molecule has 8 rings (SSSR count). The maximum Gasteiger partial charge on any atom is 0.388 e. The van der Waals surface area contributed by atoms with Gasteiger partial charge in [0.2, 0.25) is 11.9 Å². The quantitative estimate of drug-likeness (QED) is 0.0870. The predicted octanol–water partition coefficient (Wildman–Crippen LogP) is -1.42. The van der Waals surface area contributed by atoms with Crippen molar-refractivity contribution in [2.24, 2.45) is 0 Å². The van der Waals surface area contributed by atoms with Crippen molar-refractivity contribution in [1.82, 2.24) is 39.0 Å². The molecular weight excluding hydrogens is 698 g/mol. The van der Waals surface area contributed by atoms with Crippen molar-refractivity contribution in [3.63, 3.8) is 0 Å². The van der Waals surface area contributed by atoms with Crippen LogP contribution in [0.3, 0.4) is 0 Å². The van der Waals surface area contributed by atoms with E-state index in [9.17, 15) is 28.9 Å². The van der Waals surface area contributed by atoms with E-state index in [1.165, 1.54) is 10.9 Å². The monoisotopic (exact) mass is 720 g/mol. The number of rotatable bonds is 2. The second kappa shape index (κ2) is 10.1. The van der Waals surface area contributed by atoms with E-state index in [2.05, 4.69) is 54.4 Å². The zero-order valence-electron chi connectivity index (χ0n) is 22.6. The molecule has 3 aliphatic heterocycles. The molecule has 5 unspecified atom stereocenters. The molecule has 0 amide bonds. The molecule has 26 heteroatoms. The Morgan fingerprint density at radius 3 is 2.17 bits per heavy atom. The number of imidazole rings is 2. The van der Waals surface area contributed by atoms with Crippen LogP contribution >= 0.6 is 38.1 Å². The smallest absolute Gasteiger partial charge is 0.385 e. The summed E-state index contributed by atoms with van der Waals surface area (Å²) in [5.74, 6) is -0.455. The Balaban J connectivity index is 1.12. The number of H-pyrrole nitrogens is 2. The first-order valence-electron chi connectivity index (χ1n) is 13.2. The summed E-state index contributed by atoms with van der Waals surface area (Å²) in [6.45, 7) is -9.52. The molecule has 0 radical (unpaired) electrons. The van der Waals surface area contributed by atoms with Crippen LogP contribution in [0.2, 0.25) is 0 Å². The summed E-state index contributed by atoms with van der Waals surface area (Å²) in [5, 5.41) is 23.0. The third kappa shape index (κ3) is 4.59. The van der Waals surface area contributed by atoms with Gasteiger partial charge >= 0.3 is 13.6 Å². The van der Waals surface area contributed by atoms with E-state index in [1.54, 1.807) is 0 Å². The van der Waals surface area contributed by atoms with Crippen LogP contribution < -0.4 is 22.6 Å². The number of aliphatic hydroxyl groups is 2. The fourth-order valence-corrected chi connectivity index (χ4v) is 9.15. The van der Waals surface area contributed by atoms with Crippen molar-refractivity contribution < 1.29 is 46.9 Å². The van der Waals surface area contributed by atoms with E-state index in [0.717, 1.165) is 10.9 Å². The molecule has 4 aromatic rings. The zero-order valence-corrected chi connectivity index (χ0v) is 26.2. The lowest BCUT2D eigenvalue weighted by Gasteiger charge is -2.29. The Morgan fingerprint density at radius 2 is 1.52 bits per heavy atom. The highest BCUT2D eigenvalue weighted by Gasteiger charge is 2.79. The number of aromatic amines is 2. The fourth-order valence-electron chi connectivity index (χ4n) is 6.04. The van der Waals surface area contributed by atoms with Crippen LogP contribution in [0.5, 0.6) is 0 Å². The van der Waals surface area contributed by atoms with Crippen molar-refractivity contribution in [2.45, 2.75) is 54.7 Å². The number of aliphatic hydroxyl groups excluding tert-OH is 1. The summed E-state index contributed by atoms with van der Waals surface area (Å²) in [7, 11) is 0. The molecule has 4 aromatic heterocycles. The molecule has 4 aliphatic rings. The summed E-state index contributed by atoms with van der Waals surface area (Å²) >= 11 is 8.08. The van der Waals surface area contributed by atoms with Crippen molar-refractivity contribution >= 4 is 72.3 Å². The first-order valence-corrected chi connectivity index (χ1v) is 18.6. The minimum Gasteiger partial charge on any atom is -0.385 e.